The van der Waals surface area contributed by atoms with Crippen LogP contribution in [0.2, 0.25) is 0 Å². The second-order valence-corrected chi connectivity index (χ2v) is 12.3. The quantitative estimate of drug-likeness (QED) is 0.193. The lowest BCUT2D eigenvalue weighted by atomic mass is 9.92. The Bertz CT molecular complexity index is 2920. The van der Waals surface area contributed by atoms with Gasteiger partial charge in [0.2, 0.25) is 0 Å². The molecular formula is C45H25N5. The molecule has 7 aromatic carbocycles. The standard InChI is InChI=1S/C45H25N5/c46-26-29-20-23-42-38(24-29)45-32(28-48)10-9-19-43(45)49(42)39-16-6-3-13-35(39)34-12-2-1-11-33(34)30-21-22-31(27-47)44(25-30)50-40-17-7-4-14-36(40)37-15-5-8-18-41(37)50/h1-25H. The molecule has 0 aliphatic heterocycles. The minimum atomic E-state index is 0.544. The molecule has 0 spiro atoms. The van der Waals surface area contributed by atoms with E-state index in [-0.39, 0.29) is 0 Å². The molecule has 0 radical (unpaired) electrons. The predicted octanol–water partition coefficient (Wildman–Crippen LogP) is 10.8. The summed E-state index contributed by atoms with van der Waals surface area (Å²) in [7, 11) is 0. The van der Waals surface area contributed by atoms with E-state index < -0.39 is 0 Å². The minimum Gasteiger partial charge on any atom is -0.309 e. The van der Waals surface area contributed by atoms with Gasteiger partial charge in [-0.1, -0.05) is 91.0 Å². The molecule has 0 fully saturated rings. The molecule has 0 aliphatic rings. The lowest BCUT2D eigenvalue weighted by Gasteiger charge is -2.18. The Morgan fingerprint density at radius 1 is 0.380 bits per heavy atom. The van der Waals surface area contributed by atoms with Crippen molar-refractivity contribution in [1.29, 1.82) is 15.8 Å². The van der Waals surface area contributed by atoms with Crippen LogP contribution in [0.1, 0.15) is 16.7 Å². The number of aromatic nitrogens is 2. The number of benzene rings is 7. The molecule has 0 aliphatic carbocycles. The Morgan fingerprint density at radius 2 is 0.980 bits per heavy atom. The van der Waals surface area contributed by atoms with Gasteiger partial charge in [-0.05, 0) is 77.4 Å². The molecule has 0 N–H and O–H groups in total. The monoisotopic (exact) mass is 635 g/mol. The number of fused-ring (bicyclic) bond motifs is 6. The summed E-state index contributed by atoms with van der Waals surface area (Å²) in [6, 6.07) is 57.9. The summed E-state index contributed by atoms with van der Waals surface area (Å²) in [5.74, 6) is 0. The molecule has 0 bridgehead atoms. The Hall–Kier alpha value is -7.39. The van der Waals surface area contributed by atoms with Gasteiger partial charge >= 0.3 is 0 Å². The zero-order chi connectivity index (χ0) is 33.8. The van der Waals surface area contributed by atoms with Crippen molar-refractivity contribution in [2.24, 2.45) is 0 Å². The maximum absolute atomic E-state index is 10.3. The van der Waals surface area contributed by atoms with Crippen LogP contribution in [0.15, 0.2) is 152 Å². The molecule has 9 rings (SSSR count). The van der Waals surface area contributed by atoms with Gasteiger partial charge in [0.1, 0.15) is 6.07 Å². The molecule has 230 valence electrons. The van der Waals surface area contributed by atoms with Crippen molar-refractivity contribution in [2.45, 2.75) is 0 Å². The molecule has 50 heavy (non-hydrogen) atoms. The summed E-state index contributed by atoms with van der Waals surface area (Å²) in [5, 5.41) is 34.1. The summed E-state index contributed by atoms with van der Waals surface area (Å²) in [4.78, 5) is 0. The van der Waals surface area contributed by atoms with Crippen molar-refractivity contribution in [3.05, 3.63) is 168 Å². The molecule has 0 atom stereocenters. The predicted molar refractivity (Wildman–Crippen MR) is 200 cm³/mol. The largest absolute Gasteiger partial charge is 0.309 e. The van der Waals surface area contributed by atoms with Crippen LogP contribution in [0.3, 0.4) is 0 Å². The lowest BCUT2D eigenvalue weighted by Crippen LogP contribution is -2.00. The van der Waals surface area contributed by atoms with Crippen molar-refractivity contribution in [1.82, 2.24) is 9.13 Å². The first-order valence-corrected chi connectivity index (χ1v) is 16.3. The highest BCUT2D eigenvalue weighted by atomic mass is 15.0. The average Bonchev–Trinajstić information content (AvgIpc) is 3.70. The van der Waals surface area contributed by atoms with Gasteiger partial charge in [-0.25, -0.2) is 0 Å². The molecule has 9 aromatic rings. The summed E-state index contributed by atoms with van der Waals surface area (Å²) in [5.41, 5.74) is 11.4. The third-order valence-electron chi connectivity index (χ3n) is 9.65. The van der Waals surface area contributed by atoms with Crippen LogP contribution in [0, 0.1) is 34.0 Å². The van der Waals surface area contributed by atoms with Crippen LogP contribution >= 0.6 is 0 Å². The highest BCUT2D eigenvalue weighted by molar-refractivity contribution is 6.13. The second-order valence-electron chi connectivity index (χ2n) is 12.3. The van der Waals surface area contributed by atoms with Crippen LogP contribution in [-0.4, -0.2) is 9.13 Å². The first-order chi connectivity index (χ1) is 24.7. The van der Waals surface area contributed by atoms with Crippen LogP contribution < -0.4 is 0 Å². The summed E-state index contributed by atoms with van der Waals surface area (Å²) < 4.78 is 4.39. The first kappa shape index (κ1) is 28.8. The minimum absolute atomic E-state index is 0.544. The van der Waals surface area contributed by atoms with Crippen LogP contribution in [0.25, 0.3) is 77.2 Å². The van der Waals surface area contributed by atoms with E-state index in [9.17, 15) is 15.8 Å². The first-order valence-electron chi connectivity index (χ1n) is 16.3. The fourth-order valence-corrected chi connectivity index (χ4v) is 7.52. The Morgan fingerprint density at radius 3 is 1.70 bits per heavy atom. The van der Waals surface area contributed by atoms with Gasteiger partial charge in [0, 0.05) is 27.1 Å². The average molecular weight is 636 g/mol. The Labute approximate surface area is 287 Å². The van der Waals surface area contributed by atoms with Crippen molar-refractivity contribution in [2.75, 3.05) is 0 Å². The van der Waals surface area contributed by atoms with Crippen molar-refractivity contribution < 1.29 is 0 Å². The fraction of sp³-hybridized carbons (Fsp3) is 0. The third-order valence-corrected chi connectivity index (χ3v) is 9.65. The van der Waals surface area contributed by atoms with E-state index in [1.165, 1.54) is 0 Å². The molecule has 5 heteroatoms. The summed E-state index contributed by atoms with van der Waals surface area (Å²) in [6.45, 7) is 0. The maximum Gasteiger partial charge on any atom is 0.101 e. The van der Waals surface area contributed by atoms with Crippen LogP contribution in [-0.2, 0) is 0 Å². The number of hydrogen-bond donors (Lipinski definition) is 0. The fourth-order valence-electron chi connectivity index (χ4n) is 7.52. The van der Waals surface area contributed by atoms with Crippen LogP contribution in [0.5, 0.6) is 0 Å². The zero-order valence-electron chi connectivity index (χ0n) is 26.7. The molecule has 0 saturated heterocycles. The van der Waals surface area contributed by atoms with E-state index in [4.69, 9.17) is 0 Å². The number of nitriles is 3. The van der Waals surface area contributed by atoms with Crippen molar-refractivity contribution >= 4 is 43.6 Å². The molecular weight excluding hydrogens is 611 g/mol. The van der Waals surface area contributed by atoms with Crippen LogP contribution in [0.4, 0.5) is 0 Å². The molecule has 2 heterocycles. The van der Waals surface area contributed by atoms with Gasteiger partial charge < -0.3 is 9.13 Å². The summed E-state index contributed by atoms with van der Waals surface area (Å²) >= 11 is 0. The van der Waals surface area contributed by atoms with Gasteiger partial charge in [-0.3, -0.25) is 0 Å². The Kier molecular flexibility index (Phi) is 6.56. The smallest absolute Gasteiger partial charge is 0.101 e. The molecule has 5 nitrogen and oxygen atoms in total. The molecule has 0 saturated carbocycles. The van der Waals surface area contributed by atoms with E-state index in [0.29, 0.717) is 16.7 Å². The normalized spacial score (nSPS) is 11.1. The van der Waals surface area contributed by atoms with Gasteiger partial charge in [0.25, 0.3) is 0 Å². The van der Waals surface area contributed by atoms with E-state index in [0.717, 1.165) is 77.2 Å². The number of nitrogens with zero attached hydrogens (tertiary/aromatic N) is 5. The Balaban J connectivity index is 1.30. The molecule has 0 amide bonds. The maximum atomic E-state index is 10.3. The topological polar surface area (TPSA) is 81.2 Å². The van der Waals surface area contributed by atoms with Gasteiger partial charge in [-0.15, -0.1) is 0 Å². The highest BCUT2D eigenvalue weighted by Gasteiger charge is 2.21. The van der Waals surface area contributed by atoms with E-state index >= 15 is 0 Å². The number of hydrogen-bond acceptors (Lipinski definition) is 3. The highest BCUT2D eigenvalue weighted by Crippen LogP contribution is 2.42. The molecule has 2 aromatic heterocycles. The lowest BCUT2D eigenvalue weighted by molar-refractivity contribution is 1.17. The summed E-state index contributed by atoms with van der Waals surface area (Å²) in [6.07, 6.45) is 0. The zero-order valence-corrected chi connectivity index (χ0v) is 26.7. The van der Waals surface area contributed by atoms with E-state index in [1.54, 1.807) is 0 Å². The van der Waals surface area contributed by atoms with Gasteiger partial charge in [-0.2, -0.15) is 15.8 Å². The van der Waals surface area contributed by atoms with Crippen molar-refractivity contribution in [3.8, 4) is 51.8 Å². The van der Waals surface area contributed by atoms with Gasteiger partial charge in [0.15, 0.2) is 0 Å². The number of para-hydroxylation sites is 3. The van der Waals surface area contributed by atoms with Gasteiger partial charge in [0.05, 0.1) is 62.3 Å². The van der Waals surface area contributed by atoms with Crippen molar-refractivity contribution in [3.63, 3.8) is 0 Å². The SMILES string of the molecule is N#Cc1ccc2c(c1)c1c(C#N)cccc1n2-c1ccccc1-c1ccccc1-c1ccc(C#N)c(-n2c3ccccc3c3ccccc32)c1. The van der Waals surface area contributed by atoms with E-state index in [1.807, 2.05) is 84.9 Å². The number of rotatable bonds is 4. The third kappa shape index (κ3) is 4.24. The van der Waals surface area contributed by atoms with E-state index in [2.05, 4.69) is 94.1 Å². The molecule has 0 unspecified atom stereocenters. The second kappa shape index (κ2) is 11.4.